The third-order valence-corrected chi connectivity index (χ3v) is 8.16. The minimum atomic E-state index is -1.17. The van der Waals surface area contributed by atoms with E-state index in [1.165, 1.54) is 11.0 Å². The van der Waals surface area contributed by atoms with Crippen molar-refractivity contribution < 1.29 is 33.0 Å². The van der Waals surface area contributed by atoms with Gasteiger partial charge in [-0.2, -0.15) is 0 Å². The second kappa shape index (κ2) is 10.2. The number of piperidine rings is 1. The zero-order valence-corrected chi connectivity index (χ0v) is 24.0. The van der Waals surface area contributed by atoms with Crippen LogP contribution in [0.3, 0.4) is 0 Å². The minimum Gasteiger partial charge on any atom is -0.451 e. The molecule has 2 aliphatic heterocycles. The lowest BCUT2D eigenvalue weighted by Gasteiger charge is -2.36. The molecule has 0 aromatic heterocycles. The second-order valence-corrected chi connectivity index (χ2v) is 12.7. The molecule has 3 aliphatic rings. The summed E-state index contributed by atoms with van der Waals surface area (Å²) in [4.78, 5) is 52.3. The number of rotatable bonds is 6. The predicted molar refractivity (Wildman–Crippen MR) is 148 cm³/mol. The Morgan fingerprint density at radius 3 is 2.49 bits per heavy atom. The van der Waals surface area contributed by atoms with Crippen LogP contribution in [0.25, 0.3) is 11.1 Å². The normalized spacial score (nSPS) is 23.1. The Bertz CT molecular complexity index is 1430. The van der Waals surface area contributed by atoms with E-state index in [4.69, 9.17) is 15.2 Å². The number of likely N-dealkylation sites (tertiary alicyclic amines) is 1. The maximum atomic E-state index is 15.3. The van der Waals surface area contributed by atoms with E-state index in [-0.39, 0.29) is 23.9 Å². The van der Waals surface area contributed by atoms with Crippen LogP contribution in [0.1, 0.15) is 75.4 Å². The molecule has 4 unspecified atom stereocenters. The fourth-order valence-electron chi connectivity index (χ4n) is 6.24. The first-order valence-corrected chi connectivity index (χ1v) is 13.9. The third kappa shape index (κ3) is 5.52. The van der Waals surface area contributed by atoms with Gasteiger partial charge in [0.1, 0.15) is 29.1 Å². The summed E-state index contributed by atoms with van der Waals surface area (Å²) in [6.45, 7) is 8.88. The van der Waals surface area contributed by atoms with Gasteiger partial charge >= 0.3 is 12.1 Å². The summed E-state index contributed by atoms with van der Waals surface area (Å²) >= 11 is 0. The Morgan fingerprint density at radius 1 is 1.15 bits per heavy atom. The van der Waals surface area contributed by atoms with Gasteiger partial charge in [-0.3, -0.25) is 14.5 Å². The molecule has 10 heteroatoms. The SMILES string of the molecule is CC(C)(C)OC(=O)N1C2CCC(C2)C1C(=O)NC(Cc1ccc(-c2ccc3c(c2)C(C)(C)OC3=O)cc1F)C(N)=O. The highest BCUT2D eigenvalue weighted by molar-refractivity contribution is 5.95. The van der Waals surface area contributed by atoms with E-state index in [0.717, 1.165) is 18.4 Å². The van der Waals surface area contributed by atoms with E-state index in [1.54, 1.807) is 58.9 Å². The molecule has 1 saturated heterocycles. The number of esters is 1. The molecule has 3 amide bonds. The molecular formula is C31H36FN3O6. The quantitative estimate of drug-likeness (QED) is 0.506. The van der Waals surface area contributed by atoms with Crippen LogP contribution < -0.4 is 11.1 Å². The molecule has 1 saturated carbocycles. The number of nitrogens with one attached hydrogen (secondary N) is 1. The predicted octanol–water partition coefficient (Wildman–Crippen LogP) is 4.20. The van der Waals surface area contributed by atoms with E-state index >= 15 is 4.39 Å². The summed E-state index contributed by atoms with van der Waals surface area (Å²) in [6, 6.07) is 7.77. The molecular weight excluding hydrogens is 529 g/mol. The van der Waals surface area contributed by atoms with Gasteiger partial charge in [-0.1, -0.05) is 18.2 Å². The summed E-state index contributed by atoms with van der Waals surface area (Å²) < 4.78 is 26.3. The van der Waals surface area contributed by atoms with Crippen LogP contribution >= 0.6 is 0 Å². The van der Waals surface area contributed by atoms with Gasteiger partial charge in [-0.05, 0) is 94.7 Å². The first-order chi connectivity index (χ1) is 19.1. The topological polar surface area (TPSA) is 128 Å². The van der Waals surface area contributed by atoms with Crippen LogP contribution in [0.4, 0.5) is 9.18 Å². The Labute approximate surface area is 238 Å². The molecule has 9 nitrogen and oxygen atoms in total. The highest BCUT2D eigenvalue weighted by atomic mass is 19.1. The zero-order valence-electron chi connectivity index (χ0n) is 24.0. The summed E-state index contributed by atoms with van der Waals surface area (Å²) in [6.07, 6.45) is 1.55. The largest absolute Gasteiger partial charge is 0.451 e. The number of carbonyl (C=O) groups is 4. The molecule has 41 heavy (non-hydrogen) atoms. The summed E-state index contributed by atoms with van der Waals surface area (Å²) in [5.74, 6) is -2.31. The number of nitrogens with two attached hydrogens (primary N) is 1. The molecule has 0 spiro atoms. The van der Waals surface area contributed by atoms with Crippen molar-refractivity contribution in [1.29, 1.82) is 0 Å². The van der Waals surface area contributed by atoms with Crippen LogP contribution in [-0.4, -0.2) is 52.5 Å². The van der Waals surface area contributed by atoms with Crippen LogP contribution in [0, 0.1) is 11.7 Å². The van der Waals surface area contributed by atoms with Gasteiger partial charge in [0.2, 0.25) is 11.8 Å². The highest BCUT2D eigenvalue weighted by Crippen LogP contribution is 2.43. The van der Waals surface area contributed by atoms with Crippen molar-refractivity contribution >= 4 is 23.9 Å². The number of nitrogens with zero attached hydrogens (tertiary/aromatic N) is 1. The number of hydrogen-bond donors (Lipinski definition) is 2. The van der Waals surface area contributed by atoms with Crippen molar-refractivity contribution in [3.8, 4) is 11.1 Å². The molecule has 4 atom stereocenters. The lowest BCUT2D eigenvalue weighted by Crippen LogP contribution is -2.57. The van der Waals surface area contributed by atoms with E-state index < -0.39 is 53.0 Å². The maximum absolute atomic E-state index is 15.3. The smallest absolute Gasteiger partial charge is 0.411 e. The molecule has 2 aromatic rings. The van der Waals surface area contributed by atoms with Gasteiger partial charge in [0.05, 0.1) is 5.56 Å². The standard InChI is InChI=1S/C31H36FN3O6/c1-30(2,3)41-29(39)35-20-10-8-19(12-20)25(35)27(37)34-24(26(33)36)15-18-7-6-17(14-23(18)32)16-9-11-21-22(13-16)31(4,5)40-28(21)38/h6-7,9,11,13-14,19-20,24-25H,8,10,12,15H2,1-5H3,(H2,33,36)(H,34,37). The summed E-state index contributed by atoms with van der Waals surface area (Å²) in [7, 11) is 0. The van der Waals surface area contributed by atoms with Crippen molar-refractivity contribution in [3.05, 3.63) is 58.9 Å². The number of amides is 3. The van der Waals surface area contributed by atoms with E-state index in [1.807, 2.05) is 6.07 Å². The highest BCUT2D eigenvalue weighted by Gasteiger charge is 2.52. The molecule has 1 aliphatic carbocycles. The average Bonchev–Trinajstić information content (AvgIpc) is 3.55. The zero-order chi connectivity index (χ0) is 29.9. The van der Waals surface area contributed by atoms with Gasteiger partial charge in [0.15, 0.2) is 0 Å². The van der Waals surface area contributed by atoms with Crippen LogP contribution in [0.15, 0.2) is 36.4 Å². The van der Waals surface area contributed by atoms with Crippen molar-refractivity contribution in [2.75, 3.05) is 0 Å². The van der Waals surface area contributed by atoms with Gasteiger partial charge in [0, 0.05) is 18.0 Å². The minimum absolute atomic E-state index is 0.0462. The first kappa shape index (κ1) is 28.6. The molecule has 2 aromatic carbocycles. The molecule has 5 rings (SSSR count). The number of hydrogen-bond acceptors (Lipinski definition) is 6. The van der Waals surface area contributed by atoms with E-state index in [0.29, 0.717) is 23.1 Å². The summed E-state index contributed by atoms with van der Waals surface area (Å²) in [5, 5.41) is 2.68. The van der Waals surface area contributed by atoms with Gasteiger partial charge < -0.3 is 20.5 Å². The fourth-order valence-corrected chi connectivity index (χ4v) is 6.24. The van der Waals surface area contributed by atoms with Crippen LogP contribution in [0.2, 0.25) is 0 Å². The maximum Gasteiger partial charge on any atom is 0.411 e. The van der Waals surface area contributed by atoms with Crippen LogP contribution in [0.5, 0.6) is 0 Å². The number of benzene rings is 2. The number of carbonyl (C=O) groups excluding carboxylic acids is 4. The lowest BCUT2D eigenvalue weighted by atomic mass is 9.91. The first-order valence-electron chi connectivity index (χ1n) is 13.9. The molecule has 0 radical (unpaired) electrons. The summed E-state index contributed by atoms with van der Waals surface area (Å²) in [5.41, 5.74) is 6.82. The van der Waals surface area contributed by atoms with Gasteiger partial charge in [-0.15, -0.1) is 0 Å². The number of ether oxygens (including phenoxy) is 2. The van der Waals surface area contributed by atoms with Crippen molar-refractivity contribution in [2.45, 2.75) is 89.6 Å². The molecule has 3 N–H and O–H groups in total. The monoisotopic (exact) mass is 565 g/mol. The number of primary amides is 1. The van der Waals surface area contributed by atoms with E-state index in [2.05, 4.69) is 5.32 Å². The molecule has 2 bridgehead atoms. The number of halogens is 1. The number of fused-ring (bicyclic) bond motifs is 3. The molecule has 218 valence electrons. The van der Waals surface area contributed by atoms with Gasteiger partial charge in [0.25, 0.3) is 0 Å². The lowest BCUT2D eigenvalue weighted by molar-refractivity contribution is -0.132. The Morgan fingerprint density at radius 2 is 1.83 bits per heavy atom. The molecule has 2 heterocycles. The average molecular weight is 566 g/mol. The number of cyclic esters (lactones) is 1. The van der Waals surface area contributed by atoms with E-state index in [9.17, 15) is 19.2 Å². The third-order valence-electron chi connectivity index (χ3n) is 8.16. The van der Waals surface area contributed by atoms with Crippen molar-refractivity contribution in [1.82, 2.24) is 10.2 Å². The Balaban J connectivity index is 1.32. The Hall–Kier alpha value is -3.95. The van der Waals surface area contributed by atoms with Crippen molar-refractivity contribution in [2.24, 2.45) is 11.7 Å². The van der Waals surface area contributed by atoms with Gasteiger partial charge in [-0.25, -0.2) is 14.0 Å². The molecule has 2 fully saturated rings. The fraction of sp³-hybridized carbons (Fsp3) is 0.484. The van der Waals surface area contributed by atoms with Crippen molar-refractivity contribution in [3.63, 3.8) is 0 Å². The van der Waals surface area contributed by atoms with Crippen LogP contribution in [-0.2, 0) is 31.1 Å². The second-order valence-electron chi connectivity index (χ2n) is 12.7. The Kier molecular flexibility index (Phi) is 7.07.